The highest BCUT2D eigenvalue weighted by Crippen LogP contribution is 2.54. The molecule has 0 saturated heterocycles. The minimum Gasteiger partial charge on any atom is -0.460 e. The number of nitrogens with two attached hydrogens (primary N) is 1. The highest BCUT2D eigenvalue weighted by molar-refractivity contribution is 8.03. The van der Waals surface area contributed by atoms with Gasteiger partial charge in [-0.05, 0) is 30.3 Å². The molecule has 2 N–H and O–H groups in total. The number of rotatable bonds is 3. The largest absolute Gasteiger partial charge is 0.460 e. The molecule has 154 valence electrons. The van der Waals surface area contributed by atoms with Crippen molar-refractivity contribution in [3.05, 3.63) is 98.5 Å². The van der Waals surface area contributed by atoms with E-state index in [1.165, 1.54) is 17.8 Å². The van der Waals surface area contributed by atoms with E-state index in [-0.39, 0.29) is 22.8 Å². The first-order valence-corrected chi connectivity index (χ1v) is 10.3. The lowest BCUT2D eigenvalue weighted by Crippen LogP contribution is -2.32. The van der Waals surface area contributed by atoms with Gasteiger partial charge in [0.25, 0.3) is 5.69 Å². The highest BCUT2D eigenvalue weighted by atomic mass is 32.2. The van der Waals surface area contributed by atoms with Crippen LogP contribution in [0.15, 0.2) is 92.0 Å². The standard InChI is InChI=1S/C23H13N5O3S/c24-11-14-21(19-10-9-18(31-19)13-5-1-2-6-16(13)28(29)30)15(12-25)23-27(22(14)26)17-7-3-4-8-20(17)32-23/h1-10,21H,26H2. The van der Waals surface area contributed by atoms with Gasteiger partial charge in [-0.2, -0.15) is 10.5 Å². The lowest BCUT2D eigenvalue weighted by Gasteiger charge is -2.30. The van der Waals surface area contributed by atoms with E-state index in [0.717, 1.165) is 10.6 Å². The monoisotopic (exact) mass is 439 g/mol. The van der Waals surface area contributed by atoms with Crippen LogP contribution in [0, 0.1) is 32.8 Å². The number of fused-ring (bicyclic) bond motifs is 3. The quantitative estimate of drug-likeness (QED) is 0.445. The zero-order valence-electron chi connectivity index (χ0n) is 16.4. The third-order valence-corrected chi connectivity index (χ3v) is 6.52. The average molecular weight is 439 g/mol. The molecule has 0 saturated carbocycles. The van der Waals surface area contributed by atoms with Gasteiger partial charge >= 0.3 is 0 Å². The summed E-state index contributed by atoms with van der Waals surface area (Å²) in [6, 6.07) is 21.4. The van der Waals surface area contributed by atoms with Crippen LogP contribution in [0.2, 0.25) is 0 Å². The Morgan fingerprint density at radius 2 is 1.75 bits per heavy atom. The van der Waals surface area contributed by atoms with Crippen molar-refractivity contribution in [2.45, 2.75) is 10.8 Å². The summed E-state index contributed by atoms with van der Waals surface area (Å²) in [4.78, 5) is 13.6. The Bertz CT molecular complexity index is 1440. The van der Waals surface area contributed by atoms with E-state index >= 15 is 0 Å². The third kappa shape index (κ3) is 2.77. The number of para-hydroxylation sites is 2. The fraction of sp³-hybridized carbons (Fsp3) is 0.0435. The number of hydrogen-bond acceptors (Lipinski definition) is 8. The third-order valence-electron chi connectivity index (χ3n) is 5.36. The molecule has 0 amide bonds. The zero-order chi connectivity index (χ0) is 22.4. The first-order valence-electron chi connectivity index (χ1n) is 9.49. The molecular weight excluding hydrogens is 426 g/mol. The smallest absolute Gasteiger partial charge is 0.280 e. The predicted octanol–water partition coefficient (Wildman–Crippen LogP) is 4.99. The van der Waals surface area contributed by atoms with Crippen LogP contribution in [0.1, 0.15) is 11.7 Å². The number of nitro groups is 1. The van der Waals surface area contributed by atoms with Crippen molar-refractivity contribution >= 4 is 23.1 Å². The lowest BCUT2D eigenvalue weighted by atomic mass is 9.87. The summed E-state index contributed by atoms with van der Waals surface area (Å²) in [5, 5.41) is 32.0. The molecule has 0 bridgehead atoms. The van der Waals surface area contributed by atoms with Crippen LogP contribution in [-0.2, 0) is 0 Å². The number of nitrogens with zero attached hydrogens (tertiary/aromatic N) is 4. The molecule has 1 atom stereocenters. The fourth-order valence-electron chi connectivity index (χ4n) is 3.95. The summed E-state index contributed by atoms with van der Waals surface area (Å²) < 4.78 is 5.98. The van der Waals surface area contributed by atoms with Gasteiger partial charge in [0.2, 0.25) is 0 Å². The summed E-state index contributed by atoms with van der Waals surface area (Å²) in [5.41, 5.74) is 7.95. The Morgan fingerprint density at radius 3 is 2.50 bits per heavy atom. The van der Waals surface area contributed by atoms with Crippen molar-refractivity contribution in [3.8, 4) is 23.5 Å². The van der Waals surface area contributed by atoms with E-state index in [4.69, 9.17) is 10.2 Å². The first-order chi connectivity index (χ1) is 15.5. The lowest BCUT2D eigenvalue weighted by molar-refractivity contribution is -0.384. The Balaban J connectivity index is 1.66. The number of hydrogen-bond donors (Lipinski definition) is 1. The van der Waals surface area contributed by atoms with Crippen molar-refractivity contribution in [2.75, 3.05) is 4.90 Å². The van der Waals surface area contributed by atoms with Gasteiger partial charge in [0, 0.05) is 11.0 Å². The normalized spacial score (nSPS) is 16.9. The van der Waals surface area contributed by atoms with Gasteiger partial charge < -0.3 is 10.2 Å². The van der Waals surface area contributed by atoms with E-state index in [2.05, 4.69) is 12.1 Å². The average Bonchev–Trinajstić information content (AvgIpc) is 3.44. The molecule has 0 radical (unpaired) electrons. The van der Waals surface area contributed by atoms with Crippen molar-refractivity contribution in [1.29, 1.82) is 10.5 Å². The molecule has 0 fully saturated rings. The number of benzene rings is 2. The van der Waals surface area contributed by atoms with Crippen molar-refractivity contribution in [3.63, 3.8) is 0 Å². The van der Waals surface area contributed by atoms with Gasteiger partial charge in [-0.1, -0.05) is 36.0 Å². The Kier molecular flexibility index (Phi) is 4.47. The molecule has 32 heavy (non-hydrogen) atoms. The molecule has 9 heteroatoms. The highest BCUT2D eigenvalue weighted by Gasteiger charge is 2.42. The summed E-state index contributed by atoms with van der Waals surface area (Å²) in [6.07, 6.45) is 0. The van der Waals surface area contributed by atoms with Gasteiger partial charge in [-0.25, -0.2) is 0 Å². The minimum absolute atomic E-state index is 0.0977. The number of thioether (sulfide) groups is 1. The molecule has 2 aliphatic heterocycles. The molecular formula is C23H13N5O3S. The van der Waals surface area contributed by atoms with Crippen LogP contribution < -0.4 is 10.6 Å². The van der Waals surface area contributed by atoms with Crippen LogP contribution in [0.25, 0.3) is 11.3 Å². The van der Waals surface area contributed by atoms with Crippen molar-refractivity contribution in [1.82, 2.24) is 0 Å². The topological polar surface area (TPSA) is 133 Å². The predicted molar refractivity (Wildman–Crippen MR) is 118 cm³/mol. The first kappa shape index (κ1) is 19.5. The van der Waals surface area contributed by atoms with Crippen molar-refractivity contribution < 1.29 is 9.34 Å². The zero-order valence-corrected chi connectivity index (χ0v) is 17.2. The second-order valence-electron chi connectivity index (χ2n) is 7.06. The SMILES string of the molecule is N#CC1=C(N)N2C(=C(C#N)C1c1ccc(-c3ccccc3[N+](=O)[O-])o1)Sc1ccccc12. The maximum absolute atomic E-state index is 11.4. The van der Waals surface area contributed by atoms with Gasteiger partial charge in [-0.3, -0.25) is 15.0 Å². The van der Waals surface area contributed by atoms with E-state index in [9.17, 15) is 20.6 Å². The van der Waals surface area contributed by atoms with Crippen molar-refractivity contribution in [2.24, 2.45) is 5.73 Å². The molecule has 5 rings (SSSR count). The molecule has 3 aromatic rings. The molecule has 0 spiro atoms. The van der Waals surface area contributed by atoms with Gasteiger partial charge in [0.1, 0.15) is 22.4 Å². The van der Waals surface area contributed by atoms with Crippen LogP contribution >= 0.6 is 11.8 Å². The Morgan fingerprint density at radius 1 is 1.03 bits per heavy atom. The van der Waals surface area contributed by atoms with E-state index in [0.29, 0.717) is 21.9 Å². The molecule has 1 aromatic heterocycles. The maximum atomic E-state index is 11.4. The Hall–Kier alpha value is -4.47. The van der Waals surface area contributed by atoms with E-state index < -0.39 is 10.8 Å². The molecule has 2 aromatic carbocycles. The number of anilines is 1. The summed E-state index contributed by atoms with van der Waals surface area (Å²) in [7, 11) is 0. The second kappa shape index (κ2) is 7.34. The van der Waals surface area contributed by atoms with Gasteiger partial charge in [-0.15, -0.1) is 0 Å². The van der Waals surface area contributed by atoms with Gasteiger partial charge in [0.05, 0.1) is 45.4 Å². The summed E-state index contributed by atoms with van der Waals surface area (Å²) >= 11 is 1.41. The van der Waals surface area contributed by atoms with E-state index in [1.807, 2.05) is 24.3 Å². The summed E-state index contributed by atoms with van der Waals surface area (Å²) in [6.45, 7) is 0. The molecule has 1 unspecified atom stereocenters. The number of allylic oxidation sites excluding steroid dienone is 2. The summed E-state index contributed by atoms with van der Waals surface area (Å²) in [5.74, 6) is 0.00956. The minimum atomic E-state index is -0.811. The van der Waals surface area contributed by atoms with Crippen LogP contribution in [0.3, 0.4) is 0 Å². The fourth-order valence-corrected chi connectivity index (χ4v) is 5.13. The second-order valence-corrected chi connectivity index (χ2v) is 8.09. The number of nitriles is 2. The number of nitro benzene ring substituents is 1. The maximum Gasteiger partial charge on any atom is 0.280 e. The molecule has 2 aliphatic rings. The van der Waals surface area contributed by atoms with Crippen LogP contribution in [0.5, 0.6) is 0 Å². The number of furan rings is 1. The molecule has 0 aliphatic carbocycles. The molecule has 3 heterocycles. The van der Waals surface area contributed by atoms with Crippen LogP contribution in [-0.4, -0.2) is 4.92 Å². The molecule has 8 nitrogen and oxygen atoms in total. The Labute approximate surface area is 186 Å². The van der Waals surface area contributed by atoms with Crippen LogP contribution in [0.4, 0.5) is 11.4 Å². The van der Waals surface area contributed by atoms with Gasteiger partial charge in [0.15, 0.2) is 0 Å². The van der Waals surface area contributed by atoms with E-state index in [1.54, 1.807) is 35.2 Å².